The summed E-state index contributed by atoms with van der Waals surface area (Å²) in [4.78, 5) is 8.03. The molecule has 1 aliphatic rings. The van der Waals surface area contributed by atoms with Gasteiger partial charge < -0.3 is 10.0 Å². The number of halogens is 3. The quantitative estimate of drug-likeness (QED) is 0.384. The van der Waals surface area contributed by atoms with Crippen molar-refractivity contribution in [2.24, 2.45) is 0 Å². The molecule has 0 aromatic heterocycles. The maximum Gasteiger partial charge on any atom is 0.187 e. The highest BCUT2D eigenvalue weighted by molar-refractivity contribution is 6.36. The third-order valence-corrected chi connectivity index (χ3v) is 6.86. The molecular weight excluding hydrogens is 477 g/mol. The predicted molar refractivity (Wildman–Crippen MR) is 137 cm³/mol. The van der Waals surface area contributed by atoms with E-state index in [9.17, 15) is 5.11 Å². The van der Waals surface area contributed by atoms with Gasteiger partial charge in [0.2, 0.25) is 0 Å². The number of benzene rings is 3. The number of hydrogen-bond donors (Lipinski definition) is 1. The van der Waals surface area contributed by atoms with E-state index in [1.54, 1.807) is 25.1 Å². The second kappa shape index (κ2) is 9.93. The van der Waals surface area contributed by atoms with E-state index in [4.69, 9.17) is 41.4 Å². The van der Waals surface area contributed by atoms with E-state index in [1.165, 1.54) is 0 Å². The van der Waals surface area contributed by atoms with Gasteiger partial charge in [0.25, 0.3) is 0 Å². The van der Waals surface area contributed by atoms with E-state index >= 15 is 0 Å². The Morgan fingerprint density at radius 1 is 1.00 bits per heavy atom. The van der Waals surface area contributed by atoms with Gasteiger partial charge in [-0.15, -0.1) is 0 Å². The number of β-amino-alcohol motifs (C(OH)–C–C–N with tert-alkyl or cyclic N) is 1. The van der Waals surface area contributed by atoms with Crippen molar-refractivity contribution < 1.29 is 5.11 Å². The monoisotopic (exact) mass is 499 g/mol. The van der Waals surface area contributed by atoms with E-state index in [-0.39, 0.29) is 6.04 Å². The average molecular weight is 501 g/mol. The largest absolute Gasteiger partial charge is 0.384 e. The van der Waals surface area contributed by atoms with Crippen molar-refractivity contribution in [3.63, 3.8) is 0 Å². The van der Waals surface area contributed by atoms with Crippen molar-refractivity contribution in [1.82, 2.24) is 4.90 Å². The molecule has 3 aromatic rings. The number of aliphatic hydroxyl groups is 1. The van der Waals surface area contributed by atoms with E-state index in [0.29, 0.717) is 33.8 Å². The first-order valence-corrected chi connectivity index (χ1v) is 11.8. The molecule has 0 bridgehead atoms. The Kier molecular flexibility index (Phi) is 7.19. The standard InChI is InChI=1S/C26H24Cl3N3O/c1-26(33,19-4-3-5-22(14-19)30-2)17-31-12-13-32(24-11-10-21(28)15-23(24)29)25(16-31)18-6-8-20(27)9-7-18/h3-11,14-15,25,33H,12-13,16-17H2,1H3/t25-,26?/m0/s1. The molecule has 1 fully saturated rings. The predicted octanol–water partition coefficient (Wildman–Crippen LogP) is 6.97. The second-order valence-electron chi connectivity index (χ2n) is 8.53. The van der Waals surface area contributed by atoms with Crippen LogP contribution in [0.2, 0.25) is 15.1 Å². The van der Waals surface area contributed by atoms with E-state index < -0.39 is 5.60 Å². The minimum absolute atomic E-state index is 0.0140. The minimum atomic E-state index is -1.09. The van der Waals surface area contributed by atoms with Gasteiger partial charge in [-0.2, -0.15) is 0 Å². The summed E-state index contributed by atoms with van der Waals surface area (Å²) in [5.41, 5.74) is 2.21. The minimum Gasteiger partial charge on any atom is -0.384 e. The van der Waals surface area contributed by atoms with Crippen molar-refractivity contribution in [3.8, 4) is 0 Å². The maximum atomic E-state index is 11.3. The van der Waals surface area contributed by atoms with Crippen LogP contribution in [0.25, 0.3) is 4.85 Å². The molecule has 170 valence electrons. The van der Waals surface area contributed by atoms with Crippen LogP contribution >= 0.6 is 34.8 Å². The van der Waals surface area contributed by atoms with Crippen LogP contribution in [0.3, 0.4) is 0 Å². The molecule has 4 rings (SSSR count). The highest BCUT2D eigenvalue weighted by Gasteiger charge is 2.34. The summed E-state index contributed by atoms with van der Waals surface area (Å²) in [5.74, 6) is 0. The lowest BCUT2D eigenvalue weighted by molar-refractivity contribution is 0.0103. The molecule has 1 aliphatic heterocycles. The second-order valence-corrected chi connectivity index (χ2v) is 9.81. The molecule has 4 nitrogen and oxygen atoms in total. The molecule has 0 aliphatic carbocycles. The molecule has 7 heteroatoms. The zero-order valence-corrected chi connectivity index (χ0v) is 20.4. The van der Waals surface area contributed by atoms with Gasteiger partial charge in [0.1, 0.15) is 0 Å². The Balaban J connectivity index is 1.62. The molecule has 1 N–H and O–H groups in total. The van der Waals surface area contributed by atoms with E-state index in [1.807, 2.05) is 48.5 Å². The van der Waals surface area contributed by atoms with Gasteiger partial charge in [0.05, 0.1) is 28.9 Å². The van der Waals surface area contributed by atoms with Gasteiger partial charge >= 0.3 is 0 Å². The first kappa shape index (κ1) is 23.9. The number of hydrogen-bond acceptors (Lipinski definition) is 3. The molecule has 0 spiro atoms. The van der Waals surface area contributed by atoms with Gasteiger partial charge in [-0.05, 0) is 48.4 Å². The molecule has 0 amide bonds. The van der Waals surface area contributed by atoms with Gasteiger partial charge in [-0.1, -0.05) is 71.2 Å². The number of anilines is 1. The number of nitrogens with zero attached hydrogens (tertiary/aromatic N) is 3. The molecule has 0 saturated carbocycles. The summed E-state index contributed by atoms with van der Waals surface area (Å²) in [5, 5.41) is 13.2. The summed E-state index contributed by atoms with van der Waals surface area (Å²) in [6, 6.07) is 20.6. The van der Waals surface area contributed by atoms with Crippen molar-refractivity contribution in [2.45, 2.75) is 18.6 Å². The van der Waals surface area contributed by atoms with Crippen molar-refractivity contribution in [1.29, 1.82) is 0 Å². The zero-order chi connectivity index (χ0) is 23.6. The summed E-state index contributed by atoms with van der Waals surface area (Å²) in [6.45, 7) is 11.7. The lowest BCUT2D eigenvalue weighted by Gasteiger charge is -2.45. The molecule has 2 atom stereocenters. The third-order valence-electron chi connectivity index (χ3n) is 6.07. The van der Waals surface area contributed by atoms with E-state index in [2.05, 4.69) is 14.6 Å². The molecule has 1 unspecified atom stereocenters. The smallest absolute Gasteiger partial charge is 0.187 e. The number of rotatable bonds is 5. The van der Waals surface area contributed by atoms with Crippen LogP contribution in [0.15, 0.2) is 66.7 Å². The van der Waals surface area contributed by atoms with Crippen LogP contribution in [0.1, 0.15) is 24.1 Å². The Hall–Kier alpha value is -2.26. The SMILES string of the molecule is [C-]#[N+]c1cccc(C(C)(O)CN2CCN(c3ccc(Cl)cc3Cl)[C@H](c3ccc(Cl)cc3)C2)c1. The van der Waals surface area contributed by atoms with Crippen molar-refractivity contribution in [3.05, 3.63) is 104 Å². The molecule has 3 aromatic carbocycles. The summed E-state index contributed by atoms with van der Waals surface area (Å²) < 4.78 is 0. The Bertz CT molecular complexity index is 1170. The normalized spacial score (nSPS) is 18.5. The van der Waals surface area contributed by atoms with Crippen molar-refractivity contribution in [2.75, 3.05) is 31.1 Å². The van der Waals surface area contributed by atoms with Crippen LogP contribution in [0.5, 0.6) is 0 Å². The molecular formula is C26H24Cl3N3O. The third kappa shape index (κ3) is 5.46. The van der Waals surface area contributed by atoms with Crippen LogP contribution in [0, 0.1) is 6.57 Å². The summed E-state index contributed by atoms with van der Waals surface area (Å²) in [7, 11) is 0. The van der Waals surface area contributed by atoms with Crippen LogP contribution in [0.4, 0.5) is 11.4 Å². The fraction of sp³-hybridized carbons (Fsp3) is 0.269. The van der Waals surface area contributed by atoms with Gasteiger partial charge in [-0.3, -0.25) is 4.90 Å². The molecule has 0 radical (unpaired) electrons. The average Bonchev–Trinajstić information content (AvgIpc) is 2.80. The lowest BCUT2D eigenvalue weighted by Crippen LogP contribution is -2.52. The molecule has 33 heavy (non-hydrogen) atoms. The maximum absolute atomic E-state index is 11.3. The Labute approximate surface area is 209 Å². The lowest BCUT2D eigenvalue weighted by atomic mass is 9.93. The van der Waals surface area contributed by atoms with Crippen LogP contribution < -0.4 is 4.90 Å². The first-order valence-electron chi connectivity index (χ1n) is 10.7. The van der Waals surface area contributed by atoms with Gasteiger partial charge in [0.15, 0.2) is 5.69 Å². The molecule has 1 saturated heterocycles. The highest BCUT2D eigenvalue weighted by atomic mass is 35.5. The van der Waals surface area contributed by atoms with E-state index in [0.717, 1.165) is 29.9 Å². The Morgan fingerprint density at radius 2 is 1.73 bits per heavy atom. The summed E-state index contributed by atoms with van der Waals surface area (Å²) in [6.07, 6.45) is 0. The molecule has 1 heterocycles. The fourth-order valence-electron chi connectivity index (χ4n) is 4.39. The zero-order valence-electron chi connectivity index (χ0n) is 18.2. The van der Waals surface area contributed by atoms with Crippen molar-refractivity contribution >= 4 is 46.2 Å². The van der Waals surface area contributed by atoms with Crippen LogP contribution in [-0.2, 0) is 5.60 Å². The topological polar surface area (TPSA) is 31.1 Å². The summed E-state index contributed by atoms with van der Waals surface area (Å²) >= 11 is 18.8. The van der Waals surface area contributed by atoms with Gasteiger partial charge in [0, 0.05) is 36.2 Å². The first-order chi connectivity index (χ1) is 15.8. The highest BCUT2D eigenvalue weighted by Crippen LogP contribution is 2.37. The Morgan fingerprint density at radius 3 is 2.42 bits per heavy atom. The number of piperazine rings is 1. The fourth-order valence-corrected chi connectivity index (χ4v) is 5.04. The van der Waals surface area contributed by atoms with Crippen LogP contribution in [-0.4, -0.2) is 36.2 Å². The van der Waals surface area contributed by atoms with Gasteiger partial charge in [-0.25, -0.2) is 4.85 Å².